The number of nitriles is 1. The Hall–Kier alpha value is -4.93. The van der Waals surface area contributed by atoms with Crippen molar-refractivity contribution in [2.24, 2.45) is 5.10 Å². The van der Waals surface area contributed by atoms with Crippen LogP contribution in [0.25, 0.3) is 21.8 Å². The lowest BCUT2D eigenvalue weighted by Gasteiger charge is -2.27. The molecule has 1 aliphatic rings. The van der Waals surface area contributed by atoms with E-state index in [0.29, 0.717) is 60.4 Å². The molecule has 4 aromatic rings. The summed E-state index contributed by atoms with van der Waals surface area (Å²) in [4.78, 5) is 19.8. The molecule has 1 aliphatic heterocycles. The van der Waals surface area contributed by atoms with Crippen LogP contribution in [0.4, 0.5) is 15.5 Å². The summed E-state index contributed by atoms with van der Waals surface area (Å²) in [7, 11) is 3.12. The van der Waals surface area contributed by atoms with Crippen molar-refractivity contribution in [2.75, 3.05) is 50.7 Å². The van der Waals surface area contributed by atoms with E-state index in [1.807, 2.05) is 12.1 Å². The Morgan fingerprint density at radius 1 is 1.20 bits per heavy atom. The van der Waals surface area contributed by atoms with Gasteiger partial charge < -0.3 is 24.4 Å². The Labute approximate surface area is 234 Å². The highest BCUT2D eigenvalue weighted by Gasteiger charge is 2.26. The number of nitrogens with zero attached hydrogens (tertiary/aromatic N) is 5. The van der Waals surface area contributed by atoms with Gasteiger partial charge in [-0.1, -0.05) is 12.1 Å². The number of rotatable bonds is 8. The number of H-pyrrole nitrogens is 1. The van der Waals surface area contributed by atoms with Crippen LogP contribution in [0, 0.1) is 11.3 Å². The molecule has 3 heterocycles. The quantitative estimate of drug-likeness (QED) is 0.216. The molecule has 3 N–H and O–H groups in total. The minimum atomic E-state index is -0.518. The normalized spacial score (nSPS) is 13.2. The van der Waals surface area contributed by atoms with Gasteiger partial charge in [0.05, 0.1) is 44.1 Å². The Morgan fingerprint density at radius 3 is 2.67 bits per heavy atom. The average Bonchev–Trinajstić information content (AvgIpc) is 3.66. The molecule has 0 aliphatic carbocycles. The summed E-state index contributed by atoms with van der Waals surface area (Å²) in [5, 5.41) is 24.7. The van der Waals surface area contributed by atoms with E-state index in [0.717, 1.165) is 21.0 Å². The van der Waals surface area contributed by atoms with Gasteiger partial charge in [-0.2, -0.15) is 15.5 Å². The van der Waals surface area contributed by atoms with Crippen LogP contribution < -0.4 is 25.1 Å². The first-order valence-electron chi connectivity index (χ1n) is 12.3. The van der Waals surface area contributed by atoms with Crippen molar-refractivity contribution >= 4 is 34.3 Å². The number of carbonyl (C=O) groups excluding carboxylic acids is 1. The van der Waals surface area contributed by atoms with Crippen LogP contribution in [0.2, 0.25) is 0 Å². The number of hydrogen-bond donors (Lipinski definition) is 3. The number of hydrazone groups is 1. The molecule has 40 heavy (non-hydrogen) atoms. The summed E-state index contributed by atoms with van der Waals surface area (Å²) in [6.07, 6.45) is 2.92. The smallest absolute Gasteiger partial charge is 0.339 e. The van der Waals surface area contributed by atoms with Crippen molar-refractivity contribution in [3.8, 4) is 39.4 Å². The summed E-state index contributed by atoms with van der Waals surface area (Å²) in [5.74, 6) is 1.82. The number of methoxy groups -OCH3 is 2. The van der Waals surface area contributed by atoms with Crippen LogP contribution in [0.1, 0.15) is 11.1 Å². The lowest BCUT2D eigenvalue weighted by molar-refractivity contribution is 0.123. The molecule has 0 radical (unpaired) electrons. The molecular weight excluding hydrogens is 532 g/mol. The first-order chi connectivity index (χ1) is 19.6. The number of morpholine rings is 1. The molecule has 2 aromatic carbocycles. The van der Waals surface area contributed by atoms with Crippen LogP contribution in [-0.4, -0.2) is 67.9 Å². The van der Waals surface area contributed by atoms with Gasteiger partial charge in [-0.05, 0) is 35.9 Å². The number of amides is 2. The second-order valence-electron chi connectivity index (χ2n) is 8.54. The Balaban J connectivity index is 1.34. The van der Waals surface area contributed by atoms with Crippen molar-refractivity contribution < 1.29 is 19.0 Å². The fraction of sp³-hybridized carbons (Fsp3) is 0.222. The molecule has 13 heteroatoms. The van der Waals surface area contributed by atoms with Crippen molar-refractivity contribution in [1.29, 1.82) is 5.26 Å². The summed E-state index contributed by atoms with van der Waals surface area (Å²) in [6.45, 7) is 2.62. The predicted octanol–water partition coefficient (Wildman–Crippen LogP) is 4.08. The van der Waals surface area contributed by atoms with E-state index >= 15 is 0 Å². The van der Waals surface area contributed by atoms with Crippen LogP contribution in [0.15, 0.2) is 53.9 Å². The topological polar surface area (TPSA) is 150 Å². The van der Waals surface area contributed by atoms with Crippen LogP contribution in [-0.2, 0) is 4.74 Å². The second kappa shape index (κ2) is 12.3. The predicted molar refractivity (Wildman–Crippen MR) is 152 cm³/mol. The Morgan fingerprint density at radius 2 is 2.00 bits per heavy atom. The number of ether oxygens (including phenoxy) is 3. The summed E-state index contributed by atoms with van der Waals surface area (Å²) < 4.78 is 16.0. The van der Waals surface area contributed by atoms with Gasteiger partial charge >= 0.3 is 6.03 Å². The second-order valence-corrected chi connectivity index (χ2v) is 9.54. The lowest BCUT2D eigenvalue weighted by Crippen LogP contribution is -2.36. The highest BCUT2D eigenvalue weighted by Crippen LogP contribution is 2.46. The molecule has 0 atom stereocenters. The van der Waals surface area contributed by atoms with E-state index in [1.165, 1.54) is 23.9 Å². The molecule has 5 rings (SSSR count). The average molecular weight is 559 g/mol. The number of nitrogens with one attached hydrogen (secondary N) is 3. The number of urea groups is 1. The van der Waals surface area contributed by atoms with E-state index in [1.54, 1.807) is 44.6 Å². The third-order valence-electron chi connectivity index (χ3n) is 6.17. The Bertz CT molecular complexity index is 1540. The van der Waals surface area contributed by atoms with Crippen LogP contribution in [0.3, 0.4) is 0 Å². The number of hydrogen-bond acceptors (Lipinski definition) is 10. The van der Waals surface area contributed by atoms with Crippen LogP contribution in [0.5, 0.6) is 11.5 Å². The van der Waals surface area contributed by atoms with E-state index in [-0.39, 0.29) is 0 Å². The Kier molecular flexibility index (Phi) is 8.19. The van der Waals surface area contributed by atoms with Crippen molar-refractivity contribution in [3.05, 3.63) is 59.9 Å². The molecule has 204 valence electrons. The van der Waals surface area contributed by atoms with E-state index in [9.17, 15) is 10.1 Å². The maximum Gasteiger partial charge on any atom is 0.339 e. The van der Waals surface area contributed by atoms with Gasteiger partial charge in [-0.3, -0.25) is 5.10 Å². The highest BCUT2D eigenvalue weighted by atomic mass is 32.1. The zero-order chi connectivity index (χ0) is 27.9. The van der Waals surface area contributed by atoms with Crippen molar-refractivity contribution in [2.45, 2.75) is 0 Å². The summed E-state index contributed by atoms with van der Waals surface area (Å²) >= 11 is 1.50. The zero-order valence-corrected chi connectivity index (χ0v) is 22.6. The van der Waals surface area contributed by atoms with E-state index < -0.39 is 6.03 Å². The number of aromatic amines is 1. The summed E-state index contributed by atoms with van der Waals surface area (Å²) in [6, 6.07) is 14.4. The SMILES string of the molecule is COc1ccc(OC)c(/C=N/NC(=O)Nc2ccc(-c3c(-c4ncn[nH]4)sc(N4CCOCC4)c3C#N)cc2)c1. The summed E-state index contributed by atoms with van der Waals surface area (Å²) in [5.41, 5.74) is 5.79. The lowest BCUT2D eigenvalue weighted by atomic mass is 10.0. The third-order valence-corrected chi connectivity index (χ3v) is 7.43. The van der Waals surface area contributed by atoms with Gasteiger partial charge in [-0.25, -0.2) is 15.2 Å². The fourth-order valence-electron chi connectivity index (χ4n) is 4.25. The van der Waals surface area contributed by atoms with Gasteiger partial charge in [0.25, 0.3) is 0 Å². The van der Waals surface area contributed by atoms with E-state index in [4.69, 9.17) is 14.2 Å². The van der Waals surface area contributed by atoms with Crippen LogP contribution >= 0.6 is 11.3 Å². The minimum absolute atomic E-state index is 0.518. The monoisotopic (exact) mass is 558 g/mol. The molecule has 0 spiro atoms. The van der Waals surface area contributed by atoms with Gasteiger partial charge in [-0.15, -0.1) is 11.3 Å². The van der Waals surface area contributed by atoms with Crippen molar-refractivity contribution in [1.82, 2.24) is 20.6 Å². The number of anilines is 2. The highest BCUT2D eigenvalue weighted by molar-refractivity contribution is 7.20. The molecule has 2 amide bonds. The molecule has 2 aromatic heterocycles. The maximum absolute atomic E-state index is 12.5. The molecule has 0 unspecified atom stereocenters. The zero-order valence-electron chi connectivity index (χ0n) is 21.8. The fourth-order valence-corrected chi connectivity index (χ4v) is 5.52. The molecule has 12 nitrogen and oxygen atoms in total. The molecule has 0 saturated carbocycles. The molecular formula is C27H26N8O4S. The standard InChI is InChI=1S/C27H26N8O4S/c1-37-20-7-8-22(38-2)18(13-20)15-30-34-27(36)32-19-5-3-17(4-6-19)23-21(14-28)26(35-9-11-39-12-10-35)40-24(23)25-29-16-31-33-25/h3-8,13,15-16H,9-12H2,1-2H3,(H,29,31,33)(H2,32,34,36)/b30-15+. The van der Waals surface area contributed by atoms with Crippen molar-refractivity contribution in [3.63, 3.8) is 0 Å². The number of aromatic nitrogens is 3. The first kappa shape index (κ1) is 26.7. The van der Waals surface area contributed by atoms with Gasteiger partial charge in [0, 0.05) is 29.9 Å². The maximum atomic E-state index is 12.5. The molecule has 0 bridgehead atoms. The van der Waals surface area contributed by atoms with Gasteiger partial charge in [0.15, 0.2) is 5.82 Å². The number of thiophene rings is 1. The minimum Gasteiger partial charge on any atom is -0.497 e. The largest absolute Gasteiger partial charge is 0.497 e. The first-order valence-corrected chi connectivity index (χ1v) is 13.1. The van der Waals surface area contributed by atoms with Gasteiger partial charge in [0.1, 0.15) is 28.9 Å². The van der Waals surface area contributed by atoms with Gasteiger partial charge in [0.2, 0.25) is 0 Å². The number of benzene rings is 2. The third kappa shape index (κ3) is 5.73. The molecule has 1 saturated heterocycles. The van der Waals surface area contributed by atoms with E-state index in [2.05, 4.69) is 42.0 Å². The number of carbonyl (C=O) groups is 1. The molecule has 1 fully saturated rings.